The lowest BCUT2D eigenvalue weighted by Gasteiger charge is -2.41. The van der Waals surface area contributed by atoms with Gasteiger partial charge in [0.2, 0.25) is 0 Å². The van der Waals surface area contributed by atoms with Crippen LogP contribution in [0.1, 0.15) is 67.2 Å². The van der Waals surface area contributed by atoms with E-state index in [4.69, 9.17) is 4.74 Å². The van der Waals surface area contributed by atoms with Crippen molar-refractivity contribution in [3.05, 3.63) is 42.0 Å². The van der Waals surface area contributed by atoms with Crippen LogP contribution in [0, 0.1) is 5.41 Å². The fourth-order valence-corrected chi connectivity index (χ4v) is 3.37. The Kier molecular flexibility index (Phi) is 5.16. The third-order valence-electron chi connectivity index (χ3n) is 5.19. The van der Waals surface area contributed by atoms with Gasteiger partial charge in [0.05, 0.1) is 12.7 Å². The smallest absolute Gasteiger partial charge is 0.337 e. The van der Waals surface area contributed by atoms with Crippen molar-refractivity contribution in [3.63, 3.8) is 0 Å². The molecule has 4 nitrogen and oxygen atoms in total. The Balaban J connectivity index is 2.46. The molecule has 1 unspecified atom stereocenters. The number of esters is 1. The summed E-state index contributed by atoms with van der Waals surface area (Å²) in [6.45, 7) is 10.1. The largest absolute Gasteiger partial charge is 0.465 e. The molecular formula is C20H27NO3. The highest BCUT2D eigenvalue weighted by Gasteiger charge is 2.53. The molecule has 0 aliphatic carbocycles. The normalized spacial score (nSPS) is 19.6. The van der Waals surface area contributed by atoms with Gasteiger partial charge >= 0.3 is 5.97 Å². The number of fused-ring (bicyclic) bond motifs is 1. The molecule has 0 fully saturated rings. The lowest BCUT2D eigenvalue weighted by molar-refractivity contribution is 0.0600. The number of hydrogen-bond donors (Lipinski definition) is 1. The molecule has 0 spiro atoms. The maximum absolute atomic E-state index is 13.3. The van der Waals surface area contributed by atoms with Crippen molar-refractivity contribution < 1.29 is 14.3 Å². The Morgan fingerprint density at radius 3 is 2.67 bits per heavy atom. The third-order valence-corrected chi connectivity index (χ3v) is 5.19. The molecule has 1 aromatic rings. The fraction of sp³-hybridized carbons (Fsp3) is 0.500. The molecule has 2 rings (SSSR count). The molecule has 1 aliphatic heterocycles. The number of benzene rings is 1. The first kappa shape index (κ1) is 18.2. The zero-order valence-electron chi connectivity index (χ0n) is 15.1. The first-order valence-corrected chi connectivity index (χ1v) is 8.52. The number of rotatable bonds is 7. The van der Waals surface area contributed by atoms with Gasteiger partial charge in [-0.3, -0.25) is 4.79 Å². The number of nitrogens with one attached hydrogen (secondary N) is 1. The van der Waals surface area contributed by atoms with Gasteiger partial charge in [-0.05, 0) is 24.6 Å². The predicted octanol–water partition coefficient (Wildman–Crippen LogP) is 4.61. The molecular weight excluding hydrogens is 302 g/mol. The SMILES string of the molecule is C=CC(C)(C)C1(CCCCC)Nc2ccc(C(=O)OC)cc2C1=O. The lowest BCUT2D eigenvalue weighted by Crippen LogP contribution is -2.53. The molecule has 0 amide bonds. The summed E-state index contributed by atoms with van der Waals surface area (Å²) in [5.74, 6) is -0.402. The van der Waals surface area contributed by atoms with E-state index in [9.17, 15) is 9.59 Å². The van der Waals surface area contributed by atoms with Gasteiger partial charge in [0.1, 0.15) is 5.54 Å². The van der Waals surface area contributed by atoms with Gasteiger partial charge < -0.3 is 10.1 Å². The van der Waals surface area contributed by atoms with Crippen LogP contribution in [0.25, 0.3) is 0 Å². The Morgan fingerprint density at radius 2 is 2.08 bits per heavy atom. The number of unbranched alkanes of at least 4 members (excludes halogenated alkanes) is 2. The number of hydrogen-bond acceptors (Lipinski definition) is 4. The topological polar surface area (TPSA) is 55.4 Å². The fourth-order valence-electron chi connectivity index (χ4n) is 3.37. The van der Waals surface area contributed by atoms with Crippen LogP contribution in [-0.2, 0) is 4.74 Å². The Hall–Kier alpha value is -2.10. The van der Waals surface area contributed by atoms with Gasteiger partial charge in [0, 0.05) is 16.7 Å². The molecule has 1 aromatic carbocycles. The molecule has 0 radical (unpaired) electrons. The van der Waals surface area contributed by atoms with Gasteiger partial charge in [-0.25, -0.2) is 4.79 Å². The summed E-state index contributed by atoms with van der Waals surface area (Å²) in [7, 11) is 1.34. The van der Waals surface area contributed by atoms with Crippen LogP contribution < -0.4 is 5.32 Å². The van der Waals surface area contributed by atoms with E-state index in [1.165, 1.54) is 7.11 Å². The van der Waals surface area contributed by atoms with Gasteiger partial charge in [-0.15, -0.1) is 6.58 Å². The van der Waals surface area contributed by atoms with Crippen molar-refractivity contribution >= 4 is 17.4 Å². The van der Waals surface area contributed by atoms with E-state index in [1.807, 2.05) is 19.9 Å². The molecule has 4 heteroatoms. The predicted molar refractivity (Wildman–Crippen MR) is 96.6 cm³/mol. The molecule has 1 atom stereocenters. The minimum absolute atomic E-state index is 0.0317. The van der Waals surface area contributed by atoms with Crippen molar-refractivity contribution in [2.75, 3.05) is 12.4 Å². The minimum atomic E-state index is -0.721. The van der Waals surface area contributed by atoms with E-state index in [0.717, 1.165) is 31.4 Å². The monoisotopic (exact) mass is 329 g/mol. The summed E-state index contributed by atoms with van der Waals surface area (Å²) in [5.41, 5.74) is 0.596. The van der Waals surface area contributed by atoms with Crippen molar-refractivity contribution in [2.24, 2.45) is 5.41 Å². The van der Waals surface area contributed by atoms with Crippen molar-refractivity contribution in [1.29, 1.82) is 0 Å². The van der Waals surface area contributed by atoms with E-state index in [0.29, 0.717) is 11.1 Å². The van der Waals surface area contributed by atoms with Gasteiger partial charge in [-0.2, -0.15) is 0 Å². The molecule has 1 heterocycles. The van der Waals surface area contributed by atoms with Crippen molar-refractivity contribution in [2.45, 2.75) is 52.0 Å². The number of anilines is 1. The number of methoxy groups -OCH3 is 1. The van der Waals surface area contributed by atoms with Crippen molar-refractivity contribution in [1.82, 2.24) is 0 Å². The Bertz CT molecular complexity index is 663. The van der Waals surface area contributed by atoms with E-state index in [2.05, 4.69) is 18.8 Å². The van der Waals surface area contributed by atoms with E-state index >= 15 is 0 Å². The number of carbonyl (C=O) groups is 2. The highest BCUT2D eigenvalue weighted by atomic mass is 16.5. The second-order valence-electron chi connectivity index (χ2n) is 6.99. The van der Waals surface area contributed by atoms with Crippen LogP contribution in [0.2, 0.25) is 0 Å². The van der Waals surface area contributed by atoms with Crippen LogP contribution in [-0.4, -0.2) is 24.4 Å². The molecule has 130 valence electrons. The quantitative estimate of drug-likeness (QED) is 0.451. The molecule has 1 N–H and O–H groups in total. The van der Waals surface area contributed by atoms with Gasteiger partial charge in [-0.1, -0.05) is 46.1 Å². The first-order chi connectivity index (χ1) is 11.3. The standard InChI is InChI=1S/C20H27NO3/c1-6-8-9-12-20(19(3,4)7-2)17(22)15-13-14(18(23)24-5)10-11-16(15)21-20/h7,10-11,13,21H,2,6,8-9,12H2,1,3-5H3. The van der Waals surface area contributed by atoms with Crippen LogP contribution in [0.3, 0.4) is 0 Å². The maximum atomic E-state index is 13.3. The summed E-state index contributed by atoms with van der Waals surface area (Å²) in [4.78, 5) is 25.1. The Morgan fingerprint density at radius 1 is 1.38 bits per heavy atom. The molecule has 0 saturated heterocycles. The average Bonchev–Trinajstić information content (AvgIpc) is 2.88. The summed E-state index contributed by atoms with van der Waals surface area (Å²) < 4.78 is 4.76. The van der Waals surface area contributed by atoms with Crippen LogP contribution in [0.5, 0.6) is 0 Å². The average molecular weight is 329 g/mol. The second kappa shape index (κ2) is 6.80. The number of Topliss-reactive ketones (excluding diaryl/α,β-unsaturated/α-hetero) is 1. The minimum Gasteiger partial charge on any atom is -0.465 e. The van der Waals surface area contributed by atoms with E-state index in [-0.39, 0.29) is 5.78 Å². The highest BCUT2D eigenvalue weighted by molar-refractivity contribution is 6.15. The number of ketones is 1. The molecule has 0 saturated carbocycles. The summed E-state index contributed by atoms with van der Waals surface area (Å²) >= 11 is 0. The molecule has 0 bridgehead atoms. The maximum Gasteiger partial charge on any atom is 0.337 e. The molecule has 24 heavy (non-hydrogen) atoms. The van der Waals surface area contributed by atoms with Gasteiger partial charge in [0.25, 0.3) is 0 Å². The summed E-state index contributed by atoms with van der Waals surface area (Å²) in [6.07, 6.45) is 5.72. The summed E-state index contributed by atoms with van der Waals surface area (Å²) in [5, 5.41) is 3.46. The zero-order valence-corrected chi connectivity index (χ0v) is 15.1. The van der Waals surface area contributed by atoms with E-state index < -0.39 is 16.9 Å². The third kappa shape index (κ3) is 2.85. The summed E-state index contributed by atoms with van der Waals surface area (Å²) in [6, 6.07) is 5.12. The first-order valence-electron chi connectivity index (χ1n) is 8.52. The van der Waals surface area contributed by atoms with E-state index in [1.54, 1.807) is 18.2 Å². The lowest BCUT2D eigenvalue weighted by atomic mass is 9.67. The van der Waals surface area contributed by atoms with Crippen LogP contribution in [0.4, 0.5) is 5.69 Å². The zero-order chi connectivity index (χ0) is 18.0. The van der Waals surface area contributed by atoms with Gasteiger partial charge in [0.15, 0.2) is 5.78 Å². The molecule has 1 aliphatic rings. The van der Waals surface area contributed by atoms with Crippen molar-refractivity contribution in [3.8, 4) is 0 Å². The molecule has 0 aromatic heterocycles. The second-order valence-corrected chi connectivity index (χ2v) is 6.99. The Labute approximate surface area is 144 Å². The highest BCUT2D eigenvalue weighted by Crippen LogP contribution is 2.47. The van der Waals surface area contributed by atoms with Crippen LogP contribution >= 0.6 is 0 Å². The number of ether oxygens (including phenoxy) is 1. The van der Waals surface area contributed by atoms with Crippen LogP contribution in [0.15, 0.2) is 30.9 Å². The number of carbonyl (C=O) groups excluding carboxylic acids is 2.